The fourth-order valence-corrected chi connectivity index (χ4v) is 2.53. The summed E-state index contributed by atoms with van der Waals surface area (Å²) >= 11 is 0. The molecular formula is C14H19FN2O. The number of rotatable bonds is 1. The zero-order valence-electron chi connectivity index (χ0n) is 11.0. The third-order valence-electron chi connectivity index (χ3n) is 3.26. The Balaban J connectivity index is 2.20. The number of halogens is 1. The topological polar surface area (TPSA) is 32.3 Å². The zero-order valence-corrected chi connectivity index (χ0v) is 11.0. The lowest BCUT2D eigenvalue weighted by Gasteiger charge is -2.36. The molecule has 2 unspecified atom stereocenters. The summed E-state index contributed by atoms with van der Waals surface area (Å²) in [5.74, 6) is -0.307. The molecule has 0 spiro atoms. The van der Waals surface area contributed by atoms with Gasteiger partial charge in [-0.05, 0) is 44.5 Å². The molecule has 2 atom stereocenters. The molecule has 98 valence electrons. The predicted molar refractivity (Wildman–Crippen MR) is 69.1 cm³/mol. The van der Waals surface area contributed by atoms with Crippen LogP contribution in [0.3, 0.4) is 0 Å². The average Bonchev–Trinajstić information content (AvgIpc) is 2.26. The summed E-state index contributed by atoms with van der Waals surface area (Å²) in [6.07, 6.45) is 0. The fraction of sp³-hybridized carbons (Fsp3) is 0.500. The van der Waals surface area contributed by atoms with Gasteiger partial charge in [-0.25, -0.2) is 4.39 Å². The maximum Gasteiger partial charge on any atom is 0.254 e. The van der Waals surface area contributed by atoms with Crippen molar-refractivity contribution in [1.29, 1.82) is 0 Å². The van der Waals surface area contributed by atoms with Crippen LogP contribution in [0.4, 0.5) is 4.39 Å². The molecule has 0 aliphatic carbocycles. The van der Waals surface area contributed by atoms with E-state index in [0.29, 0.717) is 36.3 Å². The highest BCUT2D eigenvalue weighted by atomic mass is 19.1. The molecule has 1 aromatic carbocycles. The Morgan fingerprint density at radius 1 is 1.33 bits per heavy atom. The van der Waals surface area contributed by atoms with Gasteiger partial charge >= 0.3 is 0 Å². The van der Waals surface area contributed by atoms with Crippen molar-refractivity contribution < 1.29 is 9.18 Å². The maximum absolute atomic E-state index is 13.0. The Hall–Kier alpha value is -1.42. The number of carbonyl (C=O) groups excluding carboxylic acids is 1. The summed E-state index contributed by atoms with van der Waals surface area (Å²) in [7, 11) is 0. The second kappa shape index (κ2) is 5.06. The van der Waals surface area contributed by atoms with Crippen molar-refractivity contribution in [2.45, 2.75) is 32.9 Å². The van der Waals surface area contributed by atoms with Gasteiger partial charge in [-0.2, -0.15) is 0 Å². The zero-order chi connectivity index (χ0) is 13.3. The Labute approximate surface area is 107 Å². The second-order valence-electron chi connectivity index (χ2n) is 5.14. The van der Waals surface area contributed by atoms with Crippen LogP contribution >= 0.6 is 0 Å². The van der Waals surface area contributed by atoms with Crippen LogP contribution in [-0.2, 0) is 0 Å². The molecule has 1 fully saturated rings. The van der Waals surface area contributed by atoms with Gasteiger partial charge in [-0.3, -0.25) is 4.79 Å². The van der Waals surface area contributed by atoms with Gasteiger partial charge in [0.25, 0.3) is 5.91 Å². The number of carbonyl (C=O) groups is 1. The number of aryl methyl sites for hydroxylation is 1. The van der Waals surface area contributed by atoms with Gasteiger partial charge in [0.2, 0.25) is 0 Å². The Morgan fingerprint density at radius 2 is 1.94 bits per heavy atom. The molecule has 1 aliphatic heterocycles. The van der Waals surface area contributed by atoms with E-state index in [0.717, 1.165) is 0 Å². The Morgan fingerprint density at radius 3 is 2.50 bits per heavy atom. The highest BCUT2D eigenvalue weighted by Gasteiger charge is 2.26. The van der Waals surface area contributed by atoms with Gasteiger partial charge in [-0.1, -0.05) is 0 Å². The van der Waals surface area contributed by atoms with Crippen LogP contribution in [0.15, 0.2) is 18.2 Å². The van der Waals surface area contributed by atoms with Crippen molar-refractivity contribution in [2.24, 2.45) is 0 Å². The molecule has 3 nitrogen and oxygen atoms in total. The van der Waals surface area contributed by atoms with E-state index in [1.807, 2.05) is 4.90 Å². The van der Waals surface area contributed by atoms with E-state index < -0.39 is 0 Å². The first kappa shape index (κ1) is 13.0. The standard InChI is InChI=1S/C14H19FN2O/c1-9-6-12(15)4-5-13(9)14(18)17-7-10(2)16-11(3)8-17/h4-6,10-11,16H,7-8H2,1-3H3. The number of piperazine rings is 1. The van der Waals surface area contributed by atoms with Crippen LogP contribution < -0.4 is 5.32 Å². The second-order valence-corrected chi connectivity index (χ2v) is 5.14. The van der Waals surface area contributed by atoms with Crippen molar-refractivity contribution in [2.75, 3.05) is 13.1 Å². The summed E-state index contributed by atoms with van der Waals surface area (Å²) in [4.78, 5) is 14.2. The van der Waals surface area contributed by atoms with Gasteiger partial charge in [0, 0.05) is 30.7 Å². The third kappa shape index (κ3) is 2.70. The normalized spacial score (nSPS) is 24.1. The summed E-state index contributed by atoms with van der Waals surface area (Å²) < 4.78 is 13.0. The van der Waals surface area contributed by atoms with Crippen LogP contribution in [0.5, 0.6) is 0 Å². The summed E-state index contributed by atoms with van der Waals surface area (Å²) in [6.45, 7) is 7.28. The van der Waals surface area contributed by atoms with Crippen LogP contribution in [0.25, 0.3) is 0 Å². The minimum absolute atomic E-state index is 0.00676. The average molecular weight is 250 g/mol. The first-order valence-electron chi connectivity index (χ1n) is 6.29. The molecule has 18 heavy (non-hydrogen) atoms. The van der Waals surface area contributed by atoms with Crippen molar-refractivity contribution in [1.82, 2.24) is 10.2 Å². The molecular weight excluding hydrogens is 231 g/mol. The molecule has 4 heteroatoms. The van der Waals surface area contributed by atoms with Crippen LogP contribution in [-0.4, -0.2) is 36.0 Å². The van der Waals surface area contributed by atoms with Crippen molar-refractivity contribution >= 4 is 5.91 Å². The molecule has 1 saturated heterocycles. The molecule has 0 aromatic heterocycles. The lowest BCUT2D eigenvalue weighted by Crippen LogP contribution is -2.55. The third-order valence-corrected chi connectivity index (χ3v) is 3.26. The molecule has 0 saturated carbocycles. The van der Waals surface area contributed by atoms with E-state index in [4.69, 9.17) is 0 Å². The number of benzene rings is 1. The molecule has 1 heterocycles. The maximum atomic E-state index is 13.0. The molecule has 1 aliphatic rings. The largest absolute Gasteiger partial charge is 0.336 e. The molecule has 0 radical (unpaired) electrons. The molecule has 2 rings (SSSR count). The van der Waals surface area contributed by atoms with Crippen molar-refractivity contribution in [3.8, 4) is 0 Å². The molecule has 1 aromatic rings. The highest BCUT2D eigenvalue weighted by Crippen LogP contribution is 2.15. The minimum Gasteiger partial charge on any atom is -0.336 e. The number of nitrogens with one attached hydrogen (secondary N) is 1. The van der Waals surface area contributed by atoms with Crippen LogP contribution in [0.2, 0.25) is 0 Å². The number of amides is 1. The summed E-state index contributed by atoms with van der Waals surface area (Å²) in [5.41, 5.74) is 1.29. The van der Waals surface area contributed by atoms with E-state index in [1.165, 1.54) is 12.1 Å². The first-order valence-corrected chi connectivity index (χ1v) is 6.29. The minimum atomic E-state index is -0.300. The summed E-state index contributed by atoms with van der Waals surface area (Å²) in [5, 5.41) is 3.39. The highest BCUT2D eigenvalue weighted by molar-refractivity contribution is 5.95. The monoisotopic (exact) mass is 250 g/mol. The van der Waals surface area contributed by atoms with Crippen LogP contribution in [0, 0.1) is 12.7 Å². The summed E-state index contributed by atoms with van der Waals surface area (Å²) in [6, 6.07) is 4.90. The van der Waals surface area contributed by atoms with E-state index in [2.05, 4.69) is 19.2 Å². The smallest absolute Gasteiger partial charge is 0.254 e. The van der Waals surface area contributed by atoms with E-state index in [9.17, 15) is 9.18 Å². The van der Waals surface area contributed by atoms with E-state index in [-0.39, 0.29) is 11.7 Å². The van der Waals surface area contributed by atoms with E-state index in [1.54, 1.807) is 13.0 Å². The molecule has 0 bridgehead atoms. The lowest BCUT2D eigenvalue weighted by atomic mass is 10.1. The van der Waals surface area contributed by atoms with Gasteiger partial charge in [0.15, 0.2) is 0 Å². The fourth-order valence-electron chi connectivity index (χ4n) is 2.53. The lowest BCUT2D eigenvalue weighted by molar-refractivity contribution is 0.0673. The Kier molecular flexibility index (Phi) is 3.66. The molecule has 1 amide bonds. The number of nitrogens with zero attached hydrogens (tertiary/aromatic N) is 1. The van der Waals surface area contributed by atoms with Gasteiger partial charge < -0.3 is 10.2 Å². The Bertz CT molecular complexity index is 451. The predicted octanol–water partition coefficient (Wildman–Crippen LogP) is 1.96. The van der Waals surface area contributed by atoms with E-state index >= 15 is 0 Å². The first-order chi connectivity index (χ1) is 8.47. The van der Waals surface area contributed by atoms with Crippen molar-refractivity contribution in [3.05, 3.63) is 35.1 Å². The SMILES string of the molecule is Cc1cc(F)ccc1C(=O)N1CC(C)NC(C)C1. The van der Waals surface area contributed by atoms with Crippen molar-refractivity contribution in [3.63, 3.8) is 0 Å². The quantitative estimate of drug-likeness (QED) is 0.826. The number of hydrogen-bond acceptors (Lipinski definition) is 2. The molecule has 1 N–H and O–H groups in total. The number of hydrogen-bond donors (Lipinski definition) is 1. The van der Waals surface area contributed by atoms with Gasteiger partial charge in [0.1, 0.15) is 5.82 Å². The van der Waals surface area contributed by atoms with Gasteiger partial charge in [-0.15, -0.1) is 0 Å². The van der Waals surface area contributed by atoms with Gasteiger partial charge in [0.05, 0.1) is 0 Å². The van der Waals surface area contributed by atoms with Crippen LogP contribution in [0.1, 0.15) is 29.8 Å².